The van der Waals surface area contributed by atoms with Crippen LogP contribution in [0.1, 0.15) is 24.4 Å². The fourth-order valence-corrected chi connectivity index (χ4v) is 1.75. The van der Waals surface area contributed by atoms with Crippen LogP contribution in [-0.4, -0.2) is 37.6 Å². The number of aromatic nitrogens is 2. The zero-order chi connectivity index (χ0) is 9.42. The van der Waals surface area contributed by atoms with Gasteiger partial charge in [0.05, 0.1) is 18.8 Å². The van der Waals surface area contributed by atoms with Gasteiger partial charge in [-0.3, -0.25) is 0 Å². The van der Waals surface area contributed by atoms with Crippen molar-refractivity contribution in [3.05, 3.63) is 18.2 Å². The topological polar surface area (TPSA) is 78.5 Å². The summed E-state index contributed by atoms with van der Waals surface area (Å²) in [7, 11) is 0. The number of fused-ring (bicyclic) bond motifs is 1. The largest absolute Gasteiger partial charge is 0.394 e. The maximum Gasteiger partial charge on any atom is 0.138 e. The third-order valence-electron chi connectivity index (χ3n) is 2.45. The first kappa shape index (κ1) is 8.68. The fourth-order valence-electron chi connectivity index (χ4n) is 1.75. The van der Waals surface area contributed by atoms with E-state index in [4.69, 9.17) is 5.11 Å². The van der Waals surface area contributed by atoms with Gasteiger partial charge in [-0.2, -0.15) is 0 Å². The second-order valence-corrected chi connectivity index (χ2v) is 3.26. The van der Waals surface area contributed by atoms with Crippen molar-refractivity contribution in [2.24, 2.45) is 0 Å². The molecule has 0 amide bonds. The molecule has 0 saturated carbocycles. The van der Waals surface area contributed by atoms with E-state index in [2.05, 4.69) is 4.98 Å². The van der Waals surface area contributed by atoms with Crippen molar-refractivity contribution in [2.45, 2.75) is 24.7 Å². The Morgan fingerprint density at radius 3 is 3.00 bits per heavy atom. The standard InChI is InChI=1S/C8H12N2O3/c11-4-5-6(12)3-7(13)8-9-1-2-10(5)8/h1-2,5-7,11-13H,3-4H2/t5-,6+,7+/m1/s1. The second kappa shape index (κ2) is 3.10. The SMILES string of the molecule is OC[C@@H]1[C@@H](O)C[C@H](O)c2nccn21. The van der Waals surface area contributed by atoms with E-state index in [0.29, 0.717) is 5.82 Å². The van der Waals surface area contributed by atoms with Crippen LogP contribution in [0.25, 0.3) is 0 Å². The lowest BCUT2D eigenvalue weighted by Gasteiger charge is -2.31. The summed E-state index contributed by atoms with van der Waals surface area (Å²) in [6.07, 6.45) is 2.01. The molecule has 0 aromatic carbocycles. The van der Waals surface area contributed by atoms with Crippen molar-refractivity contribution < 1.29 is 15.3 Å². The summed E-state index contributed by atoms with van der Waals surface area (Å²) < 4.78 is 1.62. The summed E-state index contributed by atoms with van der Waals surface area (Å²) in [5.41, 5.74) is 0. The molecular formula is C8H12N2O3. The monoisotopic (exact) mass is 184 g/mol. The molecular weight excluding hydrogens is 172 g/mol. The Kier molecular flexibility index (Phi) is 2.07. The highest BCUT2D eigenvalue weighted by Gasteiger charge is 2.32. The van der Waals surface area contributed by atoms with Crippen LogP contribution in [-0.2, 0) is 0 Å². The van der Waals surface area contributed by atoms with Gasteiger partial charge >= 0.3 is 0 Å². The molecule has 2 rings (SSSR count). The van der Waals surface area contributed by atoms with E-state index in [1.807, 2.05) is 0 Å². The Hall–Kier alpha value is -0.910. The van der Waals surface area contributed by atoms with Gasteiger partial charge in [-0.25, -0.2) is 4.98 Å². The van der Waals surface area contributed by atoms with Crippen LogP contribution in [0, 0.1) is 0 Å². The molecule has 1 aromatic heterocycles. The molecule has 5 heteroatoms. The summed E-state index contributed by atoms with van der Waals surface area (Å²) in [6, 6.07) is -0.374. The smallest absolute Gasteiger partial charge is 0.138 e. The van der Waals surface area contributed by atoms with Crippen LogP contribution >= 0.6 is 0 Å². The Morgan fingerprint density at radius 2 is 2.31 bits per heavy atom. The minimum atomic E-state index is -0.729. The quantitative estimate of drug-likeness (QED) is 0.534. The van der Waals surface area contributed by atoms with Gasteiger partial charge in [0.2, 0.25) is 0 Å². The molecule has 5 nitrogen and oxygen atoms in total. The maximum absolute atomic E-state index is 9.54. The number of hydrogen-bond acceptors (Lipinski definition) is 4. The summed E-state index contributed by atoms with van der Waals surface area (Å²) in [4.78, 5) is 3.96. The van der Waals surface area contributed by atoms with Gasteiger partial charge in [0.25, 0.3) is 0 Å². The molecule has 0 spiro atoms. The maximum atomic E-state index is 9.54. The molecule has 2 heterocycles. The van der Waals surface area contributed by atoms with E-state index in [1.165, 1.54) is 0 Å². The molecule has 0 aliphatic carbocycles. The molecule has 0 saturated heterocycles. The lowest BCUT2D eigenvalue weighted by molar-refractivity contribution is -0.00270. The molecule has 1 aliphatic rings. The first-order valence-corrected chi connectivity index (χ1v) is 4.23. The van der Waals surface area contributed by atoms with E-state index >= 15 is 0 Å². The van der Waals surface area contributed by atoms with E-state index in [1.54, 1.807) is 17.0 Å². The first-order chi connectivity index (χ1) is 6.24. The highest BCUT2D eigenvalue weighted by atomic mass is 16.3. The molecule has 0 radical (unpaired) electrons. The predicted octanol–water partition coefficient (Wildman–Crippen LogP) is -0.786. The van der Waals surface area contributed by atoms with Crippen molar-refractivity contribution in [1.82, 2.24) is 9.55 Å². The van der Waals surface area contributed by atoms with E-state index in [0.717, 1.165) is 0 Å². The highest BCUT2D eigenvalue weighted by molar-refractivity contribution is 5.05. The molecule has 3 atom stereocenters. The third-order valence-corrected chi connectivity index (χ3v) is 2.45. The van der Waals surface area contributed by atoms with Crippen LogP contribution in [0.5, 0.6) is 0 Å². The third kappa shape index (κ3) is 1.25. The number of aliphatic hydroxyl groups is 3. The van der Waals surface area contributed by atoms with Crippen LogP contribution in [0.3, 0.4) is 0 Å². The van der Waals surface area contributed by atoms with Gasteiger partial charge in [-0.05, 0) is 0 Å². The number of hydrogen-bond donors (Lipinski definition) is 3. The van der Waals surface area contributed by atoms with Crippen molar-refractivity contribution >= 4 is 0 Å². The molecule has 0 bridgehead atoms. The van der Waals surface area contributed by atoms with Crippen LogP contribution in [0.2, 0.25) is 0 Å². The van der Waals surface area contributed by atoms with Gasteiger partial charge in [0, 0.05) is 18.8 Å². The molecule has 72 valence electrons. The van der Waals surface area contributed by atoms with Crippen molar-refractivity contribution in [3.63, 3.8) is 0 Å². The normalized spacial score (nSPS) is 33.0. The van der Waals surface area contributed by atoms with Crippen molar-refractivity contribution in [1.29, 1.82) is 0 Å². The number of imidazole rings is 1. The average molecular weight is 184 g/mol. The van der Waals surface area contributed by atoms with Gasteiger partial charge in [-0.1, -0.05) is 0 Å². The Morgan fingerprint density at radius 1 is 1.54 bits per heavy atom. The fraction of sp³-hybridized carbons (Fsp3) is 0.625. The minimum absolute atomic E-state index is 0.142. The molecule has 3 N–H and O–H groups in total. The zero-order valence-corrected chi connectivity index (χ0v) is 7.04. The molecule has 1 aromatic rings. The van der Waals surface area contributed by atoms with Crippen LogP contribution in [0.15, 0.2) is 12.4 Å². The van der Waals surface area contributed by atoms with Gasteiger partial charge in [0.1, 0.15) is 11.9 Å². The first-order valence-electron chi connectivity index (χ1n) is 4.23. The highest BCUT2D eigenvalue weighted by Crippen LogP contribution is 2.30. The zero-order valence-electron chi connectivity index (χ0n) is 7.04. The van der Waals surface area contributed by atoms with E-state index < -0.39 is 12.2 Å². The lowest BCUT2D eigenvalue weighted by atomic mass is 10.00. The summed E-state index contributed by atoms with van der Waals surface area (Å²) in [6.45, 7) is -0.142. The Balaban J connectivity index is 2.39. The van der Waals surface area contributed by atoms with Crippen LogP contribution < -0.4 is 0 Å². The van der Waals surface area contributed by atoms with Gasteiger partial charge in [-0.15, -0.1) is 0 Å². The average Bonchev–Trinajstić information content (AvgIpc) is 2.53. The number of rotatable bonds is 1. The summed E-state index contributed by atoms with van der Waals surface area (Å²) in [5.74, 6) is 0.518. The predicted molar refractivity (Wildman–Crippen MR) is 43.9 cm³/mol. The summed E-state index contributed by atoms with van der Waals surface area (Å²) >= 11 is 0. The van der Waals surface area contributed by atoms with E-state index in [-0.39, 0.29) is 19.1 Å². The minimum Gasteiger partial charge on any atom is -0.394 e. The Labute approximate surface area is 75.3 Å². The Bertz CT molecular complexity index is 299. The lowest BCUT2D eigenvalue weighted by Crippen LogP contribution is -2.35. The van der Waals surface area contributed by atoms with Crippen LogP contribution in [0.4, 0.5) is 0 Å². The molecule has 0 fully saturated rings. The van der Waals surface area contributed by atoms with Gasteiger partial charge in [0.15, 0.2) is 0 Å². The second-order valence-electron chi connectivity index (χ2n) is 3.26. The van der Waals surface area contributed by atoms with Gasteiger partial charge < -0.3 is 19.9 Å². The van der Waals surface area contributed by atoms with Crippen molar-refractivity contribution in [3.8, 4) is 0 Å². The summed E-state index contributed by atoms with van der Waals surface area (Å²) in [5, 5.41) is 28.1. The van der Waals surface area contributed by atoms with Crippen molar-refractivity contribution in [2.75, 3.05) is 6.61 Å². The molecule has 0 unspecified atom stereocenters. The molecule has 13 heavy (non-hydrogen) atoms. The number of nitrogens with zero attached hydrogens (tertiary/aromatic N) is 2. The molecule has 1 aliphatic heterocycles. The van der Waals surface area contributed by atoms with E-state index in [9.17, 15) is 10.2 Å². The number of aliphatic hydroxyl groups excluding tert-OH is 3.